The summed E-state index contributed by atoms with van der Waals surface area (Å²) < 4.78 is 108. The molecule has 0 spiro atoms. The van der Waals surface area contributed by atoms with Crippen LogP contribution >= 0.6 is 0 Å². The van der Waals surface area contributed by atoms with Crippen molar-refractivity contribution in [1.29, 1.82) is 0 Å². The van der Waals surface area contributed by atoms with E-state index in [-0.39, 0.29) is 11.5 Å². The Labute approximate surface area is 197 Å². The lowest BCUT2D eigenvalue weighted by atomic mass is 9.83. The van der Waals surface area contributed by atoms with E-state index in [1.54, 1.807) is 0 Å². The first-order valence-electron chi connectivity index (χ1n) is 10.8. The molecule has 2 aromatic rings. The molecular formula is C24H22F6O5. The van der Waals surface area contributed by atoms with Crippen molar-refractivity contribution < 1.29 is 50.0 Å². The highest BCUT2D eigenvalue weighted by Crippen LogP contribution is 2.46. The number of halogens is 6. The number of hydrogen-bond donors (Lipinski definition) is 0. The molecule has 3 aliphatic rings. The van der Waals surface area contributed by atoms with E-state index >= 15 is 0 Å². The van der Waals surface area contributed by atoms with Crippen LogP contribution in [0.3, 0.4) is 0 Å². The lowest BCUT2D eigenvalue weighted by molar-refractivity contribution is -0.480. The molecule has 0 saturated carbocycles. The Morgan fingerprint density at radius 2 is 1.57 bits per heavy atom. The van der Waals surface area contributed by atoms with Gasteiger partial charge >= 0.3 is 12.1 Å². The second-order valence-corrected chi connectivity index (χ2v) is 8.37. The Morgan fingerprint density at radius 3 is 2.09 bits per heavy atom. The van der Waals surface area contributed by atoms with Gasteiger partial charge in [-0.05, 0) is 18.6 Å². The maximum Gasteiger partial charge on any atom is 0.426 e. The third kappa shape index (κ3) is 5.26. The highest BCUT2D eigenvalue weighted by molar-refractivity contribution is 5.36. The van der Waals surface area contributed by atoms with Crippen molar-refractivity contribution in [3.63, 3.8) is 0 Å². The zero-order valence-corrected chi connectivity index (χ0v) is 18.5. The van der Waals surface area contributed by atoms with Gasteiger partial charge in [0.2, 0.25) is 0 Å². The topological polar surface area (TPSA) is 46.2 Å². The fraction of sp³-hybridized carbons (Fsp3) is 0.417. The number of allylic oxidation sites excluding steroid dienone is 1. The van der Waals surface area contributed by atoms with Crippen molar-refractivity contribution in [3.8, 4) is 11.5 Å². The summed E-state index contributed by atoms with van der Waals surface area (Å²) in [7, 11) is 0. The van der Waals surface area contributed by atoms with Crippen molar-refractivity contribution in [3.05, 3.63) is 71.5 Å². The lowest BCUT2D eigenvalue weighted by Crippen LogP contribution is -2.58. The average molecular weight is 504 g/mol. The summed E-state index contributed by atoms with van der Waals surface area (Å²) >= 11 is 0. The van der Waals surface area contributed by atoms with E-state index in [9.17, 15) is 26.3 Å². The van der Waals surface area contributed by atoms with Crippen LogP contribution in [0.2, 0.25) is 0 Å². The van der Waals surface area contributed by atoms with Gasteiger partial charge in [-0.25, -0.2) is 17.6 Å². The van der Waals surface area contributed by atoms with Gasteiger partial charge in [0.25, 0.3) is 6.43 Å². The molecule has 11 heteroatoms. The quantitative estimate of drug-likeness (QED) is 0.300. The van der Waals surface area contributed by atoms with Crippen molar-refractivity contribution in [2.24, 2.45) is 5.41 Å². The van der Waals surface area contributed by atoms with Gasteiger partial charge in [-0.15, -0.1) is 0 Å². The normalized spacial score (nSPS) is 24.3. The van der Waals surface area contributed by atoms with Crippen molar-refractivity contribution >= 4 is 0 Å². The van der Waals surface area contributed by atoms with Gasteiger partial charge in [-0.1, -0.05) is 25.5 Å². The minimum atomic E-state index is -3.97. The summed E-state index contributed by atoms with van der Waals surface area (Å²) in [5.41, 5.74) is -0.454. The fourth-order valence-corrected chi connectivity index (χ4v) is 3.94. The second-order valence-electron chi connectivity index (χ2n) is 8.37. The largest absolute Gasteiger partial charge is 0.459 e. The predicted octanol–water partition coefficient (Wildman–Crippen LogP) is 6.22. The van der Waals surface area contributed by atoms with Crippen LogP contribution in [-0.2, 0) is 26.3 Å². The van der Waals surface area contributed by atoms with Crippen LogP contribution in [0.15, 0.2) is 48.7 Å². The standard InChI is InChI=1S/C24H22F6O5/c1-2-8-22-12-32-24(33-13-22,34-14-22)16-5-3-15(4-6-16)23(29,30)35-17-10-18(25)21(19(26)11-17)31-9-7-20(27)28/h3-7,9-11,20H,2,8,12-14H2,1H3. The van der Waals surface area contributed by atoms with Crippen LogP contribution in [-0.4, -0.2) is 26.2 Å². The van der Waals surface area contributed by atoms with E-state index in [1.807, 2.05) is 6.92 Å². The van der Waals surface area contributed by atoms with Crippen molar-refractivity contribution in [2.75, 3.05) is 19.8 Å². The molecule has 0 N–H and O–H groups in total. The van der Waals surface area contributed by atoms with Gasteiger partial charge in [-0.3, -0.25) is 0 Å². The summed E-state index contributed by atoms with van der Waals surface area (Å²) in [6, 6.07) is 5.69. The fourth-order valence-electron chi connectivity index (χ4n) is 3.94. The molecule has 0 aromatic heterocycles. The van der Waals surface area contributed by atoms with E-state index in [0.717, 1.165) is 25.0 Å². The van der Waals surface area contributed by atoms with Crippen LogP contribution in [0.1, 0.15) is 30.9 Å². The van der Waals surface area contributed by atoms with Crippen LogP contribution in [0, 0.1) is 17.0 Å². The van der Waals surface area contributed by atoms with Crippen LogP contribution < -0.4 is 9.47 Å². The summed E-state index contributed by atoms with van der Waals surface area (Å²) in [4.78, 5) is 0. The van der Waals surface area contributed by atoms with Gasteiger partial charge in [0.05, 0.1) is 31.6 Å². The van der Waals surface area contributed by atoms with E-state index < -0.39 is 47.2 Å². The second kappa shape index (κ2) is 9.71. The Kier molecular flexibility index (Phi) is 7.03. The molecule has 35 heavy (non-hydrogen) atoms. The Hall–Kier alpha value is -2.76. The molecule has 3 heterocycles. The van der Waals surface area contributed by atoms with E-state index in [0.29, 0.717) is 43.8 Å². The number of rotatable bonds is 9. The Balaban J connectivity index is 1.46. The molecule has 0 atom stereocenters. The number of benzene rings is 2. The predicted molar refractivity (Wildman–Crippen MR) is 110 cm³/mol. The van der Waals surface area contributed by atoms with Gasteiger partial charge in [0, 0.05) is 29.2 Å². The molecule has 3 fully saturated rings. The first-order valence-corrected chi connectivity index (χ1v) is 10.8. The third-order valence-electron chi connectivity index (χ3n) is 5.69. The van der Waals surface area contributed by atoms with Gasteiger partial charge in [0.1, 0.15) is 5.75 Å². The smallest absolute Gasteiger partial charge is 0.426 e. The van der Waals surface area contributed by atoms with Crippen LogP contribution in [0.25, 0.3) is 0 Å². The maximum atomic E-state index is 14.7. The average Bonchev–Trinajstić information content (AvgIpc) is 2.82. The number of fused-ring (bicyclic) bond motifs is 3. The molecule has 0 radical (unpaired) electrons. The summed E-state index contributed by atoms with van der Waals surface area (Å²) in [5, 5.41) is 0. The summed E-state index contributed by atoms with van der Waals surface area (Å²) in [6.45, 7) is 3.29. The molecule has 0 aliphatic carbocycles. The van der Waals surface area contributed by atoms with Crippen LogP contribution in [0.5, 0.6) is 11.5 Å². The lowest BCUT2D eigenvalue weighted by Gasteiger charge is -2.52. The molecule has 5 nitrogen and oxygen atoms in total. The minimum absolute atomic E-state index is 0.221. The van der Waals surface area contributed by atoms with Gasteiger partial charge in [-0.2, -0.15) is 8.78 Å². The number of alkyl halides is 4. The van der Waals surface area contributed by atoms with Crippen molar-refractivity contribution in [1.82, 2.24) is 0 Å². The highest BCUT2D eigenvalue weighted by atomic mass is 19.3. The molecule has 3 saturated heterocycles. The number of ether oxygens (including phenoxy) is 5. The van der Waals surface area contributed by atoms with Gasteiger partial charge in [0.15, 0.2) is 17.4 Å². The van der Waals surface area contributed by atoms with E-state index in [2.05, 4.69) is 9.47 Å². The molecule has 0 unspecified atom stereocenters. The molecule has 5 rings (SSSR count). The first kappa shape index (κ1) is 25.3. The molecule has 190 valence electrons. The molecular weight excluding hydrogens is 482 g/mol. The van der Waals surface area contributed by atoms with Gasteiger partial charge < -0.3 is 23.7 Å². The van der Waals surface area contributed by atoms with Crippen LogP contribution in [0.4, 0.5) is 26.3 Å². The SMILES string of the molecule is CCCC12COC(c3ccc(C(F)(F)Oc4cc(F)c(OC=CC(F)F)c(F)c4)cc3)(OC1)OC2. The zero-order valence-electron chi connectivity index (χ0n) is 18.5. The molecule has 2 bridgehead atoms. The summed E-state index contributed by atoms with van der Waals surface area (Å²) in [6.07, 6.45) is -4.42. The van der Waals surface area contributed by atoms with E-state index in [1.165, 1.54) is 12.1 Å². The van der Waals surface area contributed by atoms with Crippen molar-refractivity contribution in [2.45, 2.75) is 38.3 Å². The monoisotopic (exact) mass is 504 g/mol. The third-order valence-corrected chi connectivity index (χ3v) is 5.69. The number of hydrogen-bond acceptors (Lipinski definition) is 5. The zero-order chi connectivity index (χ0) is 25.3. The Morgan fingerprint density at radius 1 is 1.00 bits per heavy atom. The first-order chi connectivity index (χ1) is 16.6. The highest BCUT2D eigenvalue weighted by Gasteiger charge is 2.53. The molecule has 0 amide bonds. The molecule has 3 aliphatic heterocycles. The molecule has 2 aromatic carbocycles. The Bertz CT molecular complexity index is 1030. The maximum absolute atomic E-state index is 14.7. The van der Waals surface area contributed by atoms with E-state index in [4.69, 9.17) is 14.2 Å². The summed E-state index contributed by atoms with van der Waals surface area (Å²) in [5.74, 6) is -6.18. The minimum Gasteiger partial charge on any atom is -0.459 e.